The second-order valence-electron chi connectivity index (χ2n) is 5.10. The molecule has 0 bridgehead atoms. The molecule has 2 rings (SSSR count). The number of halogens is 3. The SMILES string of the molecule is CNc1cc(C(F)(F)F)cc(NC(C)CC2CC2)n1. The summed E-state index contributed by atoms with van der Waals surface area (Å²) in [5, 5.41) is 5.70. The highest BCUT2D eigenvalue weighted by Crippen LogP contribution is 2.35. The van der Waals surface area contributed by atoms with E-state index < -0.39 is 11.7 Å². The van der Waals surface area contributed by atoms with Crippen LogP contribution >= 0.6 is 0 Å². The van der Waals surface area contributed by atoms with Crippen LogP contribution in [0.15, 0.2) is 12.1 Å². The third-order valence-electron chi connectivity index (χ3n) is 3.19. The van der Waals surface area contributed by atoms with Crippen molar-refractivity contribution in [1.82, 2.24) is 4.98 Å². The maximum atomic E-state index is 12.8. The van der Waals surface area contributed by atoms with E-state index in [0.717, 1.165) is 24.5 Å². The predicted octanol–water partition coefficient (Wildman–Crippen LogP) is 3.74. The molecule has 0 aliphatic heterocycles. The standard InChI is InChI=1S/C13H18F3N3/c1-8(5-9-3-4-9)18-12-7-10(13(14,15)16)6-11(17-2)19-12/h6-9H,3-5H2,1-2H3,(H2,17,18,19). The summed E-state index contributed by atoms with van der Waals surface area (Å²) < 4.78 is 38.3. The fourth-order valence-electron chi connectivity index (χ4n) is 2.06. The van der Waals surface area contributed by atoms with Gasteiger partial charge in [-0.1, -0.05) is 12.8 Å². The second-order valence-corrected chi connectivity index (χ2v) is 5.10. The van der Waals surface area contributed by atoms with Gasteiger partial charge in [0.1, 0.15) is 11.6 Å². The maximum Gasteiger partial charge on any atom is 0.416 e. The van der Waals surface area contributed by atoms with E-state index >= 15 is 0 Å². The number of nitrogens with zero attached hydrogens (tertiary/aromatic N) is 1. The molecule has 1 saturated carbocycles. The summed E-state index contributed by atoms with van der Waals surface area (Å²) in [6, 6.07) is 2.20. The predicted molar refractivity (Wildman–Crippen MR) is 69.2 cm³/mol. The van der Waals surface area contributed by atoms with Crippen molar-refractivity contribution in [2.45, 2.75) is 38.4 Å². The van der Waals surface area contributed by atoms with Crippen molar-refractivity contribution in [3.8, 4) is 0 Å². The molecule has 1 aromatic rings. The van der Waals surface area contributed by atoms with E-state index in [1.807, 2.05) is 6.92 Å². The number of aromatic nitrogens is 1. The molecule has 1 unspecified atom stereocenters. The lowest BCUT2D eigenvalue weighted by Gasteiger charge is -2.16. The number of anilines is 2. The van der Waals surface area contributed by atoms with Crippen molar-refractivity contribution in [3.05, 3.63) is 17.7 Å². The quantitative estimate of drug-likeness (QED) is 0.858. The number of pyridine rings is 1. The monoisotopic (exact) mass is 273 g/mol. The average molecular weight is 273 g/mol. The molecule has 1 heterocycles. The van der Waals surface area contributed by atoms with Crippen molar-refractivity contribution < 1.29 is 13.2 Å². The van der Waals surface area contributed by atoms with Crippen molar-refractivity contribution in [2.75, 3.05) is 17.7 Å². The van der Waals surface area contributed by atoms with Crippen LogP contribution in [-0.4, -0.2) is 18.1 Å². The molecule has 1 fully saturated rings. The molecule has 0 amide bonds. The van der Waals surface area contributed by atoms with Gasteiger partial charge >= 0.3 is 6.18 Å². The summed E-state index contributed by atoms with van der Waals surface area (Å²) in [6.45, 7) is 1.97. The highest BCUT2D eigenvalue weighted by atomic mass is 19.4. The van der Waals surface area contributed by atoms with Crippen LogP contribution in [0.2, 0.25) is 0 Å². The van der Waals surface area contributed by atoms with Crippen molar-refractivity contribution in [1.29, 1.82) is 0 Å². The fourth-order valence-corrected chi connectivity index (χ4v) is 2.06. The van der Waals surface area contributed by atoms with Crippen molar-refractivity contribution >= 4 is 11.6 Å². The molecule has 19 heavy (non-hydrogen) atoms. The van der Waals surface area contributed by atoms with Gasteiger partial charge < -0.3 is 10.6 Å². The molecule has 1 aliphatic rings. The summed E-state index contributed by atoms with van der Waals surface area (Å²) in [7, 11) is 1.56. The van der Waals surface area contributed by atoms with Crippen molar-refractivity contribution in [2.24, 2.45) is 5.92 Å². The minimum absolute atomic E-state index is 0.133. The van der Waals surface area contributed by atoms with E-state index in [1.165, 1.54) is 12.8 Å². The van der Waals surface area contributed by atoms with Gasteiger partial charge in [-0.2, -0.15) is 13.2 Å². The normalized spacial score (nSPS) is 17.1. The van der Waals surface area contributed by atoms with E-state index in [0.29, 0.717) is 0 Å². The molecule has 0 spiro atoms. The Morgan fingerprint density at radius 1 is 1.32 bits per heavy atom. The van der Waals surface area contributed by atoms with Gasteiger partial charge in [-0.15, -0.1) is 0 Å². The van der Waals surface area contributed by atoms with Crippen LogP contribution in [0, 0.1) is 5.92 Å². The number of hydrogen-bond donors (Lipinski definition) is 2. The fraction of sp³-hybridized carbons (Fsp3) is 0.615. The van der Waals surface area contributed by atoms with E-state index in [1.54, 1.807) is 7.05 Å². The van der Waals surface area contributed by atoms with Crippen LogP contribution in [0.1, 0.15) is 31.7 Å². The Bertz CT molecular complexity index is 441. The van der Waals surface area contributed by atoms with Crippen LogP contribution in [0.25, 0.3) is 0 Å². The molecule has 0 aromatic carbocycles. The number of alkyl halides is 3. The topological polar surface area (TPSA) is 37.0 Å². The number of rotatable bonds is 5. The summed E-state index contributed by atoms with van der Waals surface area (Å²) >= 11 is 0. The summed E-state index contributed by atoms with van der Waals surface area (Å²) in [5.74, 6) is 1.21. The molecule has 2 N–H and O–H groups in total. The molecular weight excluding hydrogens is 255 g/mol. The Balaban J connectivity index is 2.13. The third-order valence-corrected chi connectivity index (χ3v) is 3.19. The Morgan fingerprint density at radius 3 is 2.47 bits per heavy atom. The highest BCUT2D eigenvalue weighted by molar-refractivity contribution is 5.49. The van der Waals surface area contributed by atoms with E-state index in [4.69, 9.17) is 0 Å². The summed E-state index contributed by atoms with van der Waals surface area (Å²) in [4.78, 5) is 4.11. The zero-order chi connectivity index (χ0) is 14.0. The molecule has 6 heteroatoms. The summed E-state index contributed by atoms with van der Waals surface area (Å²) in [6.07, 6.45) is -0.925. The van der Waals surface area contributed by atoms with Crippen molar-refractivity contribution in [3.63, 3.8) is 0 Å². The zero-order valence-corrected chi connectivity index (χ0v) is 11.0. The van der Waals surface area contributed by atoms with Gasteiger partial charge in [0, 0.05) is 13.1 Å². The van der Waals surface area contributed by atoms with Gasteiger partial charge in [0.05, 0.1) is 5.56 Å². The molecule has 1 aromatic heterocycles. The Hall–Kier alpha value is -1.46. The van der Waals surface area contributed by atoms with Gasteiger partial charge in [-0.3, -0.25) is 0 Å². The minimum atomic E-state index is -4.36. The average Bonchev–Trinajstić information content (AvgIpc) is 3.11. The van der Waals surface area contributed by atoms with Gasteiger partial charge in [0.25, 0.3) is 0 Å². The van der Waals surface area contributed by atoms with Gasteiger partial charge in [-0.25, -0.2) is 4.98 Å². The van der Waals surface area contributed by atoms with E-state index in [2.05, 4.69) is 15.6 Å². The first-order chi connectivity index (χ1) is 8.88. The van der Waals surface area contributed by atoms with Crippen LogP contribution < -0.4 is 10.6 Å². The summed E-state index contributed by atoms with van der Waals surface area (Å²) in [5.41, 5.74) is -0.687. The molecule has 1 atom stereocenters. The van der Waals surface area contributed by atoms with Crippen LogP contribution in [0.5, 0.6) is 0 Å². The third kappa shape index (κ3) is 4.01. The van der Waals surface area contributed by atoms with Crippen LogP contribution in [-0.2, 0) is 6.18 Å². The minimum Gasteiger partial charge on any atom is -0.373 e. The Morgan fingerprint density at radius 2 is 1.95 bits per heavy atom. The Kier molecular flexibility index (Phi) is 3.87. The van der Waals surface area contributed by atoms with E-state index in [9.17, 15) is 13.2 Å². The second kappa shape index (κ2) is 5.27. The molecule has 1 aliphatic carbocycles. The maximum absolute atomic E-state index is 12.8. The largest absolute Gasteiger partial charge is 0.416 e. The smallest absolute Gasteiger partial charge is 0.373 e. The first-order valence-electron chi connectivity index (χ1n) is 6.42. The molecule has 3 nitrogen and oxygen atoms in total. The molecule has 0 saturated heterocycles. The van der Waals surface area contributed by atoms with E-state index in [-0.39, 0.29) is 17.7 Å². The number of nitrogens with one attached hydrogen (secondary N) is 2. The van der Waals surface area contributed by atoms with Crippen LogP contribution in [0.4, 0.5) is 24.8 Å². The molecule has 106 valence electrons. The first kappa shape index (κ1) is 14.0. The Labute approximate surface area is 110 Å². The number of hydrogen-bond acceptors (Lipinski definition) is 3. The zero-order valence-electron chi connectivity index (χ0n) is 11.0. The van der Waals surface area contributed by atoms with Gasteiger partial charge in [-0.05, 0) is 31.4 Å². The lowest BCUT2D eigenvalue weighted by atomic mass is 10.1. The highest BCUT2D eigenvalue weighted by Gasteiger charge is 2.32. The van der Waals surface area contributed by atoms with Crippen LogP contribution in [0.3, 0.4) is 0 Å². The molecular formula is C13H18F3N3. The van der Waals surface area contributed by atoms with Gasteiger partial charge in [0.15, 0.2) is 0 Å². The van der Waals surface area contributed by atoms with Gasteiger partial charge in [0.2, 0.25) is 0 Å². The lowest BCUT2D eigenvalue weighted by Crippen LogP contribution is -2.18. The lowest BCUT2D eigenvalue weighted by molar-refractivity contribution is -0.137. The first-order valence-corrected chi connectivity index (χ1v) is 6.42. The molecule has 0 radical (unpaired) electrons.